The lowest BCUT2D eigenvalue weighted by Crippen LogP contribution is -2.21. The SMILES string of the molecule is Cc1cc(N2CC[C@H](Cc3cccnc3)C2)ncn1. The number of nitrogens with zero attached hydrogens (tertiary/aromatic N) is 4. The molecule has 2 aromatic heterocycles. The molecule has 0 aliphatic carbocycles. The van der Waals surface area contributed by atoms with Crippen molar-refractivity contribution in [3.63, 3.8) is 0 Å². The van der Waals surface area contributed by atoms with Crippen LogP contribution in [0.4, 0.5) is 5.82 Å². The fourth-order valence-electron chi connectivity index (χ4n) is 2.67. The minimum absolute atomic E-state index is 0.694. The highest BCUT2D eigenvalue weighted by Gasteiger charge is 2.23. The summed E-state index contributed by atoms with van der Waals surface area (Å²) in [7, 11) is 0. The minimum Gasteiger partial charge on any atom is -0.356 e. The Hall–Kier alpha value is -1.97. The van der Waals surface area contributed by atoms with Crippen LogP contribution in [0.3, 0.4) is 0 Å². The first-order valence-electron chi connectivity index (χ1n) is 6.74. The zero-order valence-electron chi connectivity index (χ0n) is 11.2. The molecule has 3 heterocycles. The number of anilines is 1. The highest BCUT2D eigenvalue weighted by Crippen LogP contribution is 2.24. The molecule has 0 spiro atoms. The van der Waals surface area contributed by atoms with E-state index in [1.54, 1.807) is 6.33 Å². The molecule has 4 nitrogen and oxygen atoms in total. The van der Waals surface area contributed by atoms with Crippen LogP contribution in [0.2, 0.25) is 0 Å². The summed E-state index contributed by atoms with van der Waals surface area (Å²) in [5.74, 6) is 1.75. The highest BCUT2D eigenvalue weighted by molar-refractivity contribution is 5.40. The molecule has 1 fully saturated rings. The van der Waals surface area contributed by atoms with Crippen LogP contribution < -0.4 is 4.90 Å². The summed E-state index contributed by atoms with van der Waals surface area (Å²) in [5, 5.41) is 0. The van der Waals surface area contributed by atoms with Gasteiger partial charge in [-0.2, -0.15) is 0 Å². The van der Waals surface area contributed by atoms with Gasteiger partial charge >= 0.3 is 0 Å². The number of aryl methyl sites for hydroxylation is 1. The first-order valence-corrected chi connectivity index (χ1v) is 6.74. The molecule has 1 saturated heterocycles. The topological polar surface area (TPSA) is 41.9 Å². The molecule has 0 radical (unpaired) electrons. The monoisotopic (exact) mass is 254 g/mol. The first-order chi connectivity index (χ1) is 9.31. The van der Waals surface area contributed by atoms with Gasteiger partial charge in [-0.15, -0.1) is 0 Å². The van der Waals surface area contributed by atoms with Crippen molar-refractivity contribution in [1.82, 2.24) is 15.0 Å². The molecule has 0 amide bonds. The van der Waals surface area contributed by atoms with Gasteiger partial charge in [0.25, 0.3) is 0 Å². The maximum absolute atomic E-state index is 4.37. The summed E-state index contributed by atoms with van der Waals surface area (Å²) < 4.78 is 0. The molecule has 1 atom stereocenters. The number of hydrogen-bond acceptors (Lipinski definition) is 4. The van der Waals surface area contributed by atoms with Gasteiger partial charge < -0.3 is 4.90 Å². The Labute approximate surface area is 113 Å². The second-order valence-corrected chi connectivity index (χ2v) is 5.18. The lowest BCUT2D eigenvalue weighted by Gasteiger charge is -2.17. The van der Waals surface area contributed by atoms with E-state index >= 15 is 0 Å². The zero-order chi connectivity index (χ0) is 13.1. The van der Waals surface area contributed by atoms with E-state index in [0.717, 1.165) is 31.0 Å². The van der Waals surface area contributed by atoms with Gasteiger partial charge in [-0.1, -0.05) is 6.07 Å². The summed E-state index contributed by atoms with van der Waals surface area (Å²) in [5.41, 5.74) is 2.36. The predicted molar refractivity (Wildman–Crippen MR) is 75.0 cm³/mol. The average molecular weight is 254 g/mol. The molecule has 1 aliphatic rings. The van der Waals surface area contributed by atoms with Crippen molar-refractivity contribution in [2.75, 3.05) is 18.0 Å². The van der Waals surface area contributed by atoms with Crippen molar-refractivity contribution < 1.29 is 0 Å². The quantitative estimate of drug-likeness (QED) is 0.842. The molecule has 0 unspecified atom stereocenters. The lowest BCUT2D eigenvalue weighted by atomic mass is 10.0. The molecule has 0 N–H and O–H groups in total. The number of hydrogen-bond donors (Lipinski definition) is 0. The van der Waals surface area contributed by atoms with Gasteiger partial charge in [0.2, 0.25) is 0 Å². The molecule has 3 rings (SSSR count). The van der Waals surface area contributed by atoms with Crippen molar-refractivity contribution in [3.8, 4) is 0 Å². The van der Waals surface area contributed by atoms with Gasteiger partial charge in [-0.25, -0.2) is 9.97 Å². The molecule has 98 valence electrons. The maximum Gasteiger partial charge on any atom is 0.132 e. The Balaban J connectivity index is 1.64. The van der Waals surface area contributed by atoms with Gasteiger partial charge in [0.15, 0.2) is 0 Å². The average Bonchev–Trinajstić information content (AvgIpc) is 2.88. The third-order valence-electron chi connectivity index (χ3n) is 3.65. The van der Waals surface area contributed by atoms with Gasteiger partial charge in [-0.3, -0.25) is 4.98 Å². The molecule has 2 aromatic rings. The van der Waals surface area contributed by atoms with E-state index in [-0.39, 0.29) is 0 Å². The smallest absolute Gasteiger partial charge is 0.132 e. The number of rotatable bonds is 3. The summed E-state index contributed by atoms with van der Waals surface area (Å²) in [6, 6.07) is 6.23. The molecule has 4 heteroatoms. The van der Waals surface area contributed by atoms with E-state index in [2.05, 4.69) is 32.0 Å². The summed E-state index contributed by atoms with van der Waals surface area (Å²) in [6.07, 6.45) is 7.77. The van der Waals surface area contributed by atoms with E-state index in [9.17, 15) is 0 Å². The van der Waals surface area contributed by atoms with E-state index in [4.69, 9.17) is 0 Å². The van der Waals surface area contributed by atoms with Crippen LogP contribution in [0.5, 0.6) is 0 Å². The van der Waals surface area contributed by atoms with Crippen LogP contribution in [0, 0.1) is 12.8 Å². The van der Waals surface area contributed by atoms with Crippen molar-refractivity contribution in [1.29, 1.82) is 0 Å². The lowest BCUT2D eigenvalue weighted by molar-refractivity contribution is 0.585. The molecular weight excluding hydrogens is 236 g/mol. The van der Waals surface area contributed by atoms with Crippen molar-refractivity contribution >= 4 is 5.82 Å². The van der Waals surface area contributed by atoms with E-state index in [1.807, 2.05) is 25.4 Å². The Morgan fingerprint density at radius 2 is 2.32 bits per heavy atom. The van der Waals surface area contributed by atoms with Crippen LogP contribution in [-0.4, -0.2) is 28.0 Å². The summed E-state index contributed by atoms with van der Waals surface area (Å²) in [4.78, 5) is 15.1. The minimum atomic E-state index is 0.694. The van der Waals surface area contributed by atoms with E-state index in [1.165, 1.54) is 12.0 Å². The maximum atomic E-state index is 4.37. The highest BCUT2D eigenvalue weighted by atomic mass is 15.2. The number of aromatic nitrogens is 3. The van der Waals surface area contributed by atoms with E-state index < -0.39 is 0 Å². The van der Waals surface area contributed by atoms with Crippen LogP contribution in [0.15, 0.2) is 36.9 Å². The normalized spacial score (nSPS) is 18.8. The van der Waals surface area contributed by atoms with Gasteiger partial charge in [0.1, 0.15) is 12.1 Å². The Kier molecular flexibility index (Phi) is 3.40. The third kappa shape index (κ3) is 2.89. The predicted octanol–water partition coefficient (Wildman–Crippen LogP) is 2.25. The Bertz CT molecular complexity index is 541. The summed E-state index contributed by atoms with van der Waals surface area (Å²) in [6.45, 7) is 4.17. The number of pyridine rings is 1. The first kappa shape index (κ1) is 12.1. The Morgan fingerprint density at radius 3 is 3.11 bits per heavy atom. The molecule has 19 heavy (non-hydrogen) atoms. The summed E-state index contributed by atoms with van der Waals surface area (Å²) >= 11 is 0. The largest absolute Gasteiger partial charge is 0.356 e. The third-order valence-corrected chi connectivity index (χ3v) is 3.65. The second-order valence-electron chi connectivity index (χ2n) is 5.18. The van der Waals surface area contributed by atoms with Crippen LogP contribution in [0.1, 0.15) is 17.7 Å². The van der Waals surface area contributed by atoms with Crippen LogP contribution in [0.25, 0.3) is 0 Å². The van der Waals surface area contributed by atoms with Crippen LogP contribution in [-0.2, 0) is 6.42 Å². The zero-order valence-corrected chi connectivity index (χ0v) is 11.2. The van der Waals surface area contributed by atoms with Crippen molar-refractivity contribution in [2.24, 2.45) is 5.92 Å². The molecule has 0 saturated carbocycles. The van der Waals surface area contributed by atoms with Crippen molar-refractivity contribution in [3.05, 3.63) is 48.2 Å². The molecule has 1 aliphatic heterocycles. The standard InChI is InChI=1S/C15H18N4/c1-12-7-15(18-11-17-12)19-6-4-14(10-19)8-13-3-2-5-16-9-13/h2-3,5,7,9,11,14H,4,6,8,10H2,1H3/t14-/m1/s1. The van der Waals surface area contributed by atoms with Gasteiger partial charge in [0, 0.05) is 37.2 Å². The molecule has 0 bridgehead atoms. The molecular formula is C15H18N4. The fraction of sp³-hybridized carbons (Fsp3) is 0.400. The Morgan fingerprint density at radius 1 is 1.37 bits per heavy atom. The van der Waals surface area contributed by atoms with Crippen LogP contribution >= 0.6 is 0 Å². The van der Waals surface area contributed by atoms with Crippen molar-refractivity contribution in [2.45, 2.75) is 19.8 Å². The van der Waals surface area contributed by atoms with Gasteiger partial charge in [-0.05, 0) is 37.3 Å². The van der Waals surface area contributed by atoms with E-state index in [0.29, 0.717) is 5.92 Å². The second kappa shape index (κ2) is 5.34. The van der Waals surface area contributed by atoms with Gasteiger partial charge in [0.05, 0.1) is 0 Å². The molecule has 0 aromatic carbocycles. The fourth-order valence-corrected chi connectivity index (χ4v) is 2.67.